The van der Waals surface area contributed by atoms with Crippen molar-refractivity contribution in [1.29, 1.82) is 0 Å². The van der Waals surface area contributed by atoms with Crippen LogP contribution in [0.4, 0.5) is 16.2 Å². The summed E-state index contributed by atoms with van der Waals surface area (Å²) in [4.78, 5) is 21.8. The minimum Gasteiger partial charge on any atom is -0.391 e. The largest absolute Gasteiger partial charge is 0.391 e. The van der Waals surface area contributed by atoms with Crippen molar-refractivity contribution >= 4 is 33.3 Å². The van der Waals surface area contributed by atoms with E-state index in [2.05, 4.69) is 26.6 Å². The highest BCUT2D eigenvalue weighted by atomic mass is 79.9. The van der Waals surface area contributed by atoms with Crippen LogP contribution in [0, 0.1) is 16.0 Å². The van der Waals surface area contributed by atoms with E-state index in [1.807, 2.05) is 13.8 Å². The summed E-state index contributed by atoms with van der Waals surface area (Å²) < 4.78 is 0.337. The number of aliphatic hydroxyl groups is 1. The molecule has 0 aliphatic rings. The van der Waals surface area contributed by atoms with Gasteiger partial charge in [0.1, 0.15) is 0 Å². The molecule has 0 aromatic heterocycles. The van der Waals surface area contributed by atoms with E-state index in [9.17, 15) is 20.0 Å². The van der Waals surface area contributed by atoms with Gasteiger partial charge in [0.2, 0.25) is 0 Å². The second-order valence-corrected chi connectivity index (χ2v) is 5.42. The first-order chi connectivity index (χ1) is 9.31. The molecule has 0 heterocycles. The normalized spacial score (nSPS) is 12.1. The van der Waals surface area contributed by atoms with Crippen molar-refractivity contribution < 1.29 is 14.8 Å². The van der Waals surface area contributed by atoms with Gasteiger partial charge in [-0.2, -0.15) is 0 Å². The van der Waals surface area contributed by atoms with Gasteiger partial charge in [0.15, 0.2) is 0 Å². The fourth-order valence-electron chi connectivity index (χ4n) is 1.34. The van der Waals surface area contributed by atoms with E-state index in [4.69, 9.17) is 0 Å². The number of amides is 2. The van der Waals surface area contributed by atoms with Gasteiger partial charge in [0.25, 0.3) is 5.69 Å². The highest BCUT2D eigenvalue weighted by Gasteiger charge is 2.14. The Morgan fingerprint density at radius 1 is 1.50 bits per heavy atom. The molecule has 1 atom stereocenters. The SMILES string of the molecule is CC(C)C(O)CNC(=O)Nc1ccc(Br)c([N+](=O)[O-])c1. The molecule has 1 aromatic carbocycles. The summed E-state index contributed by atoms with van der Waals surface area (Å²) >= 11 is 3.06. The van der Waals surface area contributed by atoms with Crippen molar-refractivity contribution in [3.63, 3.8) is 0 Å². The van der Waals surface area contributed by atoms with Gasteiger partial charge in [0, 0.05) is 18.3 Å². The number of hydrogen-bond acceptors (Lipinski definition) is 4. The number of nitro benzene ring substituents is 1. The van der Waals surface area contributed by atoms with Crippen LogP contribution in [0.3, 0.4) is 0 Å². The van der Waals surface area contributed by atoms with Gasteiger partial charge < -0.3 is 15.7 Å². The standard InChI is InChI=1S/C12H16BrN3O4/c1-7(2)11(17)6-14-12(18)15-8-3-4-9(13)10(5-8)16(19)20/h3-5,7,11,17H,6H2,1-2H3,(H2,14,15,18). The minimum absolute atomic E-state index is 0.0315. The maximum Gasteiger partial charge on any atom is 0.319 e. The Morgan fingerprint density at radius 2 is 2.15 bits per heavy atom. The predicted molar refractivity (Wildman–Crippen MR) is 78.7 cm³/mol. The Bertz CT molecular complexity index is 507. The maximum absolute atomic E-state index is 11.6. The third-order valence-electron chi connectivity index (χ3n) is 2.64. The molecule has 8 heteroatoms. The summed E-state index contributed by atoms with van der Waals surface area (Å²) in [6.07, 6.45) is -0.639. The van der Waals surface area contributed by atoms with Crippen molar-refractivity contribution in [2.45, 2.75) is 20.0 Å². The lowest BCUT2D eigenvalue weighted by molar-refractivity contribution is -0.385. The first-order valence-corrected chi connectivity index (χ1v) is 6.77. The zero-order valence-electron chi connectivity index (χ0n) is 11.1. The Morgan fingerprint density at radius 3 is 2.70 bits per heavy atom. The van der Waals surface area contributed by atoms with Crippen molar-refractivity contribution in [3.8, 4) is 0 Å². The highest BCUT2D eigenvalue weighted by molar-refractivity contribution is 9.10. The lowest BCUT2D eigenvalue weighted by Gasteiger charge is -2.15. The lowest BCUT2D eigenvalue weighted by atomic mass is 10.1. The summed E-state index contributed by atoms with van der Waals surface area (Å²) in [5.74, 6) is 0.0315. The number of nitro groups is 1. The van der Waals surface area contributed by atoms with E-state index in [1.165, 1.54) is 18.2 Å². The zero-order chi connectivity index (χ0) is 15.3. The van der Waals surface area contributed by atoms with Crippen molar-refractivity contribution in [2.24, 2.45) is 5.92 Å². The summed E-state index contributed by atoms with van der Waals surface area (Å²) in [6, 6.07) is 3.75. The molecule has 1 aromatic rings. The number of carbonyl (C=O) groups is 1. The van der Waals surface area contributed by atoms with Crippen LogP contribution in [-0.2, 0) is 0 Å². The summed E-state index contributed by atoms with van der Waals surface area (Å²) in [5, 5.41) is 25.3. The number of nitrogens with zero attached hydrogens (tertiary/aromatic N) is 1. The number of rotatable bonds is 5. The number of carbonyl (C=O) groups excluding carboxylic acids is 1. The van der Waals surface area contributed by atoms with E-state index >= 15 is 0 Å². The number of hydrogen-bond donors (Lipinski definition) is 3. The van der Waals surface area contributed by atoms with E-state index in [1.54, 1.807) is 0 Å². The zero-order valence-corrected chi connectivity index (χ0v) is 12.7. The second-order valence-electron chi connectivity index (χ2n) is 4.57. The van der Waals surface area contributed by atoms with Crippen molar-refractivity contribution in [1.82, 2.24) is 5.32 Å². The third kappa shape index (κ3) is 4.78. The molecule has 0 aliphatic heterocycles. The number of halogens is 1. The Hall–Kier alpha value is -1.67. The van der Waals surface area contributed by atoms with Crippen LogP contribution in [0.25, 0.3) is 0 Å². The molecule has 3 N–H and O–H groups in total. The number of nitrogens with one attached hydrogen (secondary N) is 2. The smallest absolute Gasteiger partial charge is 0.319 e. The average Bonchev–Trinajstić information content (AvgIpc) is 2.37. The Labute approximate surface area is 124 Å². The second kappa shape index (κ2) is 7.20. The van der Waals surface area contributed by atoms with Gasteiger partial charge in [-0.05, 0) is 34.0 Å². The molecule has 0 saturated heterocycles. The molecule has 1 rings (SSSR count). The molecular weight excluding hydrogens is 330 g/mol. The molecule has 2 amide bonds. The van der Waals surface area contributed by atoms with Crippen LogP contribution < -0.4 is 10.6 Å². The number of benzene rings is 1. The lowest BCUT2D eigenvalue weighted by Crippen LogP contribution is -2.37. The Kier molecular flexibility index (Phi) is 5.90. The van der Waals surface area contributed by atoms with E-state index in [0.717, 1.165) is 0 Å². The highest BCUT2D eigenvalue weighted by Crippen LogP contribution is 2.27. The summed E-state index contributed by atoms with van der Waals surface area (Å²) in [7, 11) is 0. The van der Waals surface area contributed by atoms with Crippen LogP contribution in [-0.4, -0.2) is 28.7 Å². The topological polar surface area (TPSA) is 104 Å². The monoisotopic (exact) mass is 345 g/mol. The van der Waals surface area contributed by atoms with Crippen LogP contribution in [0.15, 0.2) is 22.7 Å². The molecule has 1 unspecified atom stereocenters. The molecule has 0 fully saturated rings. The van der Waals surface area contributed by atoms with E-state index < -0.39 is 17.1 Å². The molecule has 0 spiro atoms. The molecule has 110 valence electrons. The van der Waals surface area contributed by atoms with Crippen molar-refractivity contribution in [3.05, 3.63) is 32.8 Å². The summed E-state index contributed by atoms with van der Waals surface area (Å²) in [5.41, 5.74) is 0.168. The van der Waals surface area contributed by atoms with Crippen LogP contribution in [0.5, 0.6) is 0 Å². The van der Waals surface area contributed by atoms with Gasteiger partial charge in [-0.15, -0.1) is 0 Å². The number of anilines is 1. The van der Waals surface area contributed by atoms with Crippen LogP contribution in [0.2, 0.25) is 0 Å². The Balaban J connectivity index is 2.62. The van der Waals surface area contributed by atoms with Crippen LogP contribution >= 0.6 is 15.9 Å². The molecule has 0 radical (unpaired) electrons. The fourth-order valence-corrected chi connectivity index (χ4v) is 1.73. The van der Waals surface area contributed by atoms with Crippen LogP contribution in [0.1, 0.15) is 13.8 Å². The molecule has 0 aliphatic carbocycles. The van der Waals surface area contributed by atoms with Gasteiger partial charge in [-0.3, -0.25) is 10.1 Å². The van der Waals surface area contributed by atoms with Gasteiger partial charge in [-0.1, -0.05) is 13.8 Å². The average molecular weight is 346 g/mol. The minimum atomic E-state index is -0.639. The molecule has 0 bridgehead atoms. The third-order valence-corrected chi connectivity index (χ3v) is 3.31. The predicted octanol–water partition coefficient (Wildman–Crippen LogP) is 2.50. The maximum atomic E-state index is 11.6. The number of urea groups is 1. The first kappa shape index (κ1) is 16.4. The number of aliphatic hydroxyl groups excluding tert-OH is 1. The summed E-state index contributed by atoms with van der Waals surface area (Å²) in [6.45, 7) is 3.78. The molecule has 20 heavy (non-hydrogen) atoms. The quantitative estimate of drug-likeness (QED) is 0.563. The van der Waals surface area contributed by atoms with E-state index in [-0.39, 0.29) is 18.2 Å². The van der Waals surface area contributed by atoms with Crippen molar-refractivity contribution in [2.75, 3.05) is 11.9 Å². The fraction of sp³-hybridized carbons (Fsp3) is 0.417. The molecule has 7 nitrogen and oxygen atoms in total. The molecular formula is C12H16BrN3O4. The molecule has 0 saturated carbocycles. The van der Waals surface area contributed by atoms with Gasteiger partial charge in [0.05, 0.1) is 15.5 Å². The van der Waals surface area contributed by atoms with Gasteiger partial charge in [-0.25, -0.2) is 4.79 Å². The van der Waals surface area contributed by atoms with Gasteiger partial charge >= 0.3 is 6.03 Å². The first-order valence-electron chi connectivity index (χ1n) is 5.98. The van der Waals surface area contributed by atoms with E-state index in [0.29, 0.717) is 10.2 Å².